The lowest BCUT2D eigenvalue weighted by atomic mass is 9.95. The molecule has 2 N–H and O–H groups in total. The molecule has 0 atom stereocenters. The van der Waals surface area contributed by atoms with Crippen LogP contribution in [0.3, 0.4) is 0 Å². The van der Waals surface area contributed by atoms with Gasteiger partial charge >= 0.3 is 0 Å². The summed E-state index contributed by atoms with van der Waals surface area (Å²) in [4.78, 5) is 0. The molecule has 3 aromatic carbocycles. The predicted molar refractivity (Wildman–Crippen MR) is 101 cm³/mol. The number of benzene rings is 3. The Morgan fingerprint density at radius 3 is 2.04 bits per heavy atom. The van der Waals surface area contributed by atoms with Crippen molar-refractivity contribution in [3.8, 4) is 28.0 Å². The molecule has 2 nitrogen and oxygen atoms in total. The first-order valence-electron chi connectivity index (χ1n) is 8.27. The van der Waals surface area contributed by atoms with E-state index < -0.39 is 0 Å². The molecular formula is C22H23NO. The summed E-state index contributed by atoms with van der Waals surface area (Å²) in [6, 6.07) is 23.3. The Balaban J connectivity index is 1.99. The van der Waals surface area contributed by atoms with Crippen LogP contribution in [0.25, 0.3) is 22.3 Å². The second-order valence-electron chi connectivity index (χ2n) is 5.91. The van der Waals surface area contributed by atoms with E-state index in [0.717, 1.165) is 23.3 Å². The summed E-state index contributed by atoms with van der Waals surface area (Å²) in [5.41, 5.74) is 12.9. The van der Waals surface area contributed by atoms with Crippen LogP contribution in [0, 0.1) is 6.92 Å². The molecule has 0 aliphatic rings. The zero-order chi connectivity index (χ0) is 16.9. The molecule has 0 bridgehead atoms. The van der Waals surface area contributed by atoms with E-state index in [0.29, 0.717) is 6.54 Å². The molecule has 0 amide bonds. The molecule has 2 heteroatoms. The van der Waals surface area contributed by atoms with Crippen molar-refractivity contribution in [3.63, 3.8) is 0 Å². The molecule has 0 radical (unpaired) electrons. The standard InChI is InChI=1S/C22H23NO/c1-16-17(14-15-23)12-13-21(22(16)24-2)20-10-8-19(9-11-20)18-6-4-3-5-7-18/h3-13H,14-15,23H2,1-2H3. The van der Waals surface area contributed by atoms with Crippen LogP contribution in [0.4, 0.5) is 0 Å². The second-order valence-corrected chi connectivity index (χ2v) is 5.91. The number of methoxy groups -OCH3 is 1. The molecule has 122 valence electrons. The van der Waals surface area contributed by atoms with E-state index >= 15 is 0 Å². The summed E-state index contributed by atoms with van der Waals surface area (Å²) in [7, 11) is 1.73. The Kier molecular flexibility index (Phi) is 4.97. The summed E-state index contributed by atoms with van der Waals surface area (Å²) in [6.07, 6.45) is 0.870. The van der Waals surface area contributed by atoms with Crippen molar-refractivity contribution in [2.75, 3.05) is 13.7 Å². The second kappa shape index (κ2) is 7.33. The van der Waals surface area contributed by atoms with E-state index in [1.807, 2.05) is 6.07 Å². The van der Waals surface area contributed by atoms with Crippen molar-refractivity contribution in [2.24, 2.45) is 5.73 Å². The van der Waals surface area contributed by atoms with E-state index in [-0.39, 0.29) is 0 Å². The molecule has 0 fully saturated rings. The molecule has 3 aromatic rings. The summed E-state index contributed by atoms with van der Waals surface area (Å²) in [5.74, 6) is 0.938. The first kappa shape index (κ1) is 16.3. The minimum absolute atomic E-state index is 0.648. The Hall–Kier alpha value is -2.58. The monoisotopic (exact) mass is 317 g/mol. The maximum atomic E-state index is 5.70. The van der Waals surface area contributed by atoms with E-state index in [9.17, 15) is 0 Å². The fourth-order valence-corrected chi connectivity index (χ4v) is 3.12. The Bertz CT molecular complexity index is 807. The smallest absolute Gasteiger partial charge is 0.129 e. The van der Waals surface area contributed by atoms with Crippen LogP contribution in [0.1, 0.15) is 11.1 Å². The number of ether oxygens (including phenoxy) is 1. The fraction of sp³-hybridized carbons (Fsp3) is 0.182. The van der Waals surface area contributed by atoms with E-state index in [4.69, 9.17) is 10.5 Å². The number of hydrogen-bond acceptors (Lipinski definition) is 2. The zero-order valence-electron chi connectivity index (χ0n) is 14.3. The SMILES string of the molecule is COc1c(-c2ccc(-c3ccccc3)cc2)ccc(CCN)c1C. The number of nitrogens with two attached hydrogens (primary N) is 1. The van der Waals surface area contributed by atoms with Crippen molar-refractivity contribution in [1.29, 1.82) is 0 Å². The van der Waals surface area contributed by atoms with E-state index in [2.05, 4.69) is 67.6 Å². The van der Waals surface area contributed by atoms with Gasteiger partial charge in [-0.3, -0.25) is 0 Å². The molecule has 0 aromatic heterocycles. The van der Waals surface area contributed by atoms with Gasteiger partial charge in [-0.15, -0.1) is 0 Å². The maximum absolute atomic E-state index is 5.70. The van der Waals surface area contributed by atoms with Gasteiger partial charge in [0.1, 0.15) is 5.75 Å². The van der Waals surface area contributed by atoms with Crippen LogP contribution >= 0.6 is 0 Å². The largest absolute Gasteiger partial charge is 0.496 e. The van der Waals surface area contributed by atoms with Crippen LogP contribution in [0.15, 0.2) is 66.7 Å². The van der Waals surface area contributed by atoms with E-state index in [1.165, 1.54) is 22.3 Å². The maximum Gasteiger partial charge on any atom is 0.129 e. The van der Waals surface area contributed by atoms with Crippen molar-refractivity contribution in [3.05, 3.63) is 77.9 Å². The molecule has 0 saturated heterocycles. The summed E-state index contributed by atoms with van der Waals surface area (Å²) >= 11 is 0. The van der Waals surface area contributed by atoms with Crippen LogP contribution in [-0.2, 0) is 6.42 Å². The highest BCUT2D eigenvalue weighted by Crippen LogP contribution is 2.35. The molecule has 24 heavy (non-hydrogen) atoms. The molecule has 0 aliphatic heterocycles. The topological polar surface area (TPSA) is 35.2 Å². The van der Waals surface area contributed by atoms with Gasteiger partial charge in [0.15, 0.2) is 0 Å². The van der Waals surface area contributed by atoms with Crippen molar-refractivity contribution in [1.82, 2.24) is 0 Å². The Morgan fingerprint density at radius 1 is 0.792 bits per heavy atom. The third-order valence-electron chi connectivity index (χ3n) is 4.44. The third-order valence-corrected chi connectivity index (χ3v) is 4.44. The van der Waals surface area contributed by atoms with Crippen molar-refractivity contribution >= 4 is 0 Å². The van der Waals surface area contributed by atoms with Gasteiger partial charge in [0.25, 0.3) is 0 Å². The van der Waals surface area contributed by atoms with Crippen LogP contribution in [-0.4, -0.2) is 13.7 Å². The first-order valence-corrected chi connectivity index (χ1v) is 8.27. The lowest BCUT2D eigenvalue weighted by Gasteiger charge is -2.15. The normalized spacial score (nSPS) is 10.6. The lowest BCUT2D eigenvalue weighted by molar-refractivity contribution is 0.412. The van der Waals surface area contributed by atoms with Crippen LogP contribution in [0.5, 0.6) is 5.75 Å². The minimum Gasteiger partial charge on any atom is -0.496 e. The molecule has 0 saturated carbocycles. The average molecular weight is 317 g/mol. The average Bonchev–Trinajstić information content (AvgIpc) is 2.64. The van der Waals surface area contributed by atoms with Gasteiger partial charge < -0.3 is 10.5 Å². The van der Waals surface area contributed by atoms with Gasteiger partial charge in [0, 0.05) is 5.56 Å². The van der Waals surface area contributed by atoms with Gasteiger partial charge in [0.2, 0.25) is 0 Å². The molecule has 0 spiro atoms. The first-order chi connectivity index (χ1) is 11.7. The van der Waals surface area contributed by atoms with Crippen molar-refractivity contribution in [2.45, 2.75) is 13.3 Å². The highest BCUT2D eigenvalue weighted by Gasteiger charge is 2.12. The molecule has 0 unspecified atom stereocenters. The van der Waals surface area contributed by atoms with Gasteiger partial charge in [-0.2, -0.15) is 0 Å². The highest BCUT2D eigenvalue weighted by molar-refractivity contribution is 5.75. The Labute approximate surface area is 143 Å². The Morgan fingerprint density at radius 2 is 1.42 bits per heavy atom. The van der Waals surface area contributed by atoms with Gasteiger partial charge in [-0.25, -0.2) is 0 Å². The molecular weight excluding hydrogens is 294 g/mol. The summed E-state index contributed by atoms with van der Waals surface area (Å²) < 4.78 is 5.69. The lowest BCUT2D eigenvalue weighted by Crippen LogP contribution is -2.05. The quantitative estimate of drug-likeness (QED) is 0.731. The van der Waals surface area contributed by atoms with Gasteiger partial charge in [-0.05, 0) is 47.7 Å². The predicted octanol–water partition coefficient (Wildman–Crippen LogP) is 4.84. The number of hydrogen-bond donors (Lipinski definition) is 1. The highest BCUT2D eigenvalue weighted by atomic mass is 16.5. The summed E-state index contributed by atoms with van der Waals surface area (Å²) in [5, 5.41) is 0. The van der Waals surface area contributed by atoms with Gasteiger partial charge in [0.05, 0.1) is 7.11 Å². The third kappa shape index (κ3) is 3.19. The van der Waals surface area contributed by atoms with Gasteiger partial charge in [-0.1, -0.05) is 66.7 Å². The molecule has 0 heterocycles. The molecule has 0 aliphatic carbocycles. The molecule has 3 rings (SSSR count). The van der Waals surface area contributed by atoms with Crippen LogP contribution in [0.2, 0.25) is 0 Å². The zero-order valence-corrected chi connectivity index (χ0v) is 14.3. The van der Waals surface area contributed by atoms with Crippen molar-refractivity contribution < 1.29 is 4.74 Å². The van der Waals surface area contributed by atoms with E-state index in [1.54, 1.807) is 7.11 Å². The summed E-state index contributed by atoms with van der Waals surface area (Å²) in [6.45, 7) is 2.75. The van der Waals surface area contributed by atoms with Crippen LogP contribution < -0.4 is 10.5 Å². The minimum atomic E-state index is 0.648. The fourth-order valence-electron chi connectivity index (χ4n) is 3.12. The number of rotatable bonds is 5.